The molecule has 2 aromatic rings. The number of hydrogen-bond acceptors (Lipinski definition) is 7. The van der Waals surface area contributed by atoms with Gasteiger partial charge in [-0.05, 0) is 25.5 Å². The number of nitrogens with zero attached hydrogens (tertiary/aromatic N) is 3. The molecule has 0 aromatic carbocycles. The van der Waals surface area contributed by atoms with Crippen molar-refractivity contribution in [3.63, 3.8) is 0 Å². The Labute approximate surface area is 131 Å². The van der Waals surface area contributed by atoms with Gasteiger partial charge in [0.05, 0.1) is 11.9 Å². The molecule has 8 nitrogen and oxygen atoms in total. The van der Waals surface area contributed by atoms with Gasteiger partial charge in [-0.15, -0.1) is 0 Å². The topological polar surface area (TPSA) is 99.9 Å². The van der Waals surface area contributed by atoms with Crippen LogP contribution in [0.3, 0.4) is 0 Å². The van der Waals surface area contributed by atoms with E-state index >= 15 is 0 Å². The molecule has 0 atom stereocenters. The molecule has 120 valence electrons. The van der Waals surface area contributed by atoms with Crippen LogP contribution in [0.1, 0.15) is 35.6 Å². The monoisotopic (exact) mass is 317 g/mol. The van der Waals surface area contributed by atoms with E-state index in [2.05, 4.69) is 10.1 Å². The Balaban J connectivity index is 2.00. The summed E-state index contributed by atoms with van der Waals surface area (Å²) in [4.78, 5) is 40.8. The summed E-state index contributed by atoms with van der Waals surface area (Å²) in [5.74, 6) is -5.65. The molecule has 0 radical (unpaired) electrons. The number of ether oxygens (including phenoxy) is 2. The molecule has 1 saturated heterocycles. The molecule has 0 N–H and O–H groups in total. The first kappa shape index (κ1) is 15.1. The molecule has 1 fully saturated rings. The highest BCUT2D eigenvalue weighted by atomic mass is 16.7. The van der Waals surface area contributed by atoms with E-state index in [0.29, 0.717) is 11.2 Å². The predicted octanol–water partition coefficient (Wildman–Crippen LogP) is 0.981. The summed E-state index contributed by atoms with van der Waals surface area (Å²) in [6.07, 6.45) is 1.65. The van der Waals surface area contributed by atoms with Crippen LogP contribution in [0.4, 0.5) is 0 Å². The van der Waals surface area contributed by atoms with E-state index < -0.39 is 29.4 Å². The molecule has 8 heteroatoms. The van der Waals surface area contributed by atoms with Crippen LogP contribution in [0.25, 0.3) is 5.65 Å². The molecular formula is C15H15N3O5. The minimum atomic E-state index is -1.66. The minimum absolute atomic E-state index is 0.0222. The third-order valence-electron chi connectivity index (χ3n) is 3.41. The second-order valence-electron chi connectivity index (χ2n) is 5.90. The Bertz CT molecular complexity index is 832. The SMILES string of the molecule is Cc1cn2nc(C(=O)C3C(=O)OC(C)(C)OC3=O)cc(C)c2n1. The molecule has 0 spiro atoms. The van der Waals surface area contributed by atoms with Gasteiger partial charge in [-0.2, -0.15) is 5.10 Å². The summed E-state index contributed by atoms with van der Waals surface area (Å²) in [7, 11) is 0. The lowest BCUT2D eigenvalue weighted by atomic mass is 9.99. The van der Waals surface area contributed by atoms with Crippen LogP contribution in [0.15, 0.2) is 12.3 Å². The summed E-state index contributed by atoms with van der Waals surface area (Å²) in [6, 6.07) is 1.49. The normalized spacial score (nSPS) is 17.9. The molecule has 3 rings (SSSR count). The number of ketones is 1. The van der Waals surface area contributed by atoms with Crippen LogP contribution in [-0.4, -0.2) is 38.1 Å². The molecule has 1 aliphatic rings. The molecule has 0 amide bonds. The smallest absolute Gasteiger partial charge is 0.331 e. The largest absolute Gasteiger partial charge is 0.422 e. The standard InChI is InChI=1S/C15H15N3O5/c1-7-5-9(17-18-6-8(2)16-12(7)18)11(19)10-13(20)22-15(3,4)23-14(10)21/h5-6,10H,1-4H3. The molecule has 1 aliphatic heterocycles. The van der Waals surface area contributed by atoms with Gasteiger partial charge in [0.2, 0.25) is 11.7 Å². The fourth-order valence-electron chi connectivity index (χ4n) is 2.45. The van der Waals surface area contributed by atoms with Crippen LogP contribution in [0, 0.1) is 19.8 Å². The van der Waals surface area contributed by atoms with E-state index in [1.165, 1.54) is 24.4 Å². The molecule has 3 heterocycles. The molecule has 0 aliphatic carbocycles. The second-order valence-corrected chi connectivity index (χ2v) is 5.90. The Hall–Kier alpha value is -2.77. The van der Waals surface area contributed by atoms with Crippen LogP contribution < -0.4 is 0 Å². The minimum Gasteiger partial charge on any atom is -0.422 e. The van der Waals surface area contributed by atoms with E-state index in [1.54, 1.807) is 20.0 Å². The Kier molecular flexibility index (Phi) is 3.20. The van der Waals surface area contributed by atoms with Gasteiger partial charge in [-0.1, -0.05) is 0 Å². The van der Waals surface area contributed by atoms with Crippen LogP contribution in [-0.2, 0) is 19.1 Å². The summed E-state index contributed by atoms with van der Waals surface area (Å²) >= 11 is 0. The van der Waals surface area contributed by atoms with Crippen molar-refractivity contribution in [2.24, 2.45) is 5.92 Å². The summed E-state index contributed by atoms with van der Waals surface area (Å²) in [6.45, 7) is 6.41. The molecule has 0 unspecified atom stereocenters. The van der Waals surface area contributed by atoms with Crippen molar-refractivity contribution in [2.75, 3.05) is 0 Å². The number of carbonyl (C=O) groups excluding carboxylic acids is 3. The van der Waals surface area contributed by atoms with E-state index in [4.69, 9.17) is 9.47 Å². The van der Waals surface area contributed by atoms with Gasteiger partial charge in [0.15, 0.2) is 5.65 Å². The van der Waals surface area contributed by atoms with Gasteiger partial charge in [-0.3, -0.25) is 14.4 Å². The zero-order valence-electron chi connectivity index (χ0n) is 13.1. The van der Waals surface area contributed by atoms with Crippen molar-refractivity contribution in [1.82, 2.24) is 14.6 Å². The van der Waals surface area contributed by atoms with E-state index in [1.807, 2.05) is 0 Å². The first-order chi connectivity index (χ1) is 10.7. The maximum atomic E-state index is 12.5. The number of cyclic esters (lactones) is 2. The lowest BCUT2D eigenvalue weighted by molar-refractivity contribution is -0.236. The van der Waals surface area contributed by atoms with Crippen molar-refractivity contribution in [1.29, 1.82) is 0 Å². The van der Waals surface area contributed by atoms with Gasteiger partial charge < -0.3 is 9.47 Å². The maximum absolute atomic E-state index is 12.5. The Morgan fingerprint density at radius 2 is 1.83 bits per heavy atom. The molecular weight excluding hydrogens is 302 g/mol. The number of aryl methyl sites for hydroxylation is 2. The van der Waals surface area contributed by atoms with E-state index in [9.17, 15) is 14.4 Å². The number of rotatable bonds is 2. The second kappa shape index (κ2) is 4.87. The summed E-state index contributed by atoms with van der Waals surface area (Å²) in [5, 5.41) is 4.13. The van der Waals surface area contributed by atoms with E-state index in [-0.39, 0.29) is 5.69 Å². The van der Waals surface area contributed by atoms with Crippen LogP contribution in [0.2, 0.25) is 0 Å². The van der Waals surface area contributed by atoms with Gasteiger partial charge in [-0.25, -0.2) is 9.50 Å². The van der Waals surface area contributed by atoms with Crippen LogP contribution in [0.5, 0.6) is 0 Å². The third-order valence-corrected chi connectivity index (χ3v) is 3.41. The van der Waals surface area contributed by atoms with Crippen molar-refractivity contribution in [3.05, 3.63) is 29.2 Å². The number of hydrogen-bond donors (Lipinski definition) is 0. The fourth-order valence-corrected chi connectivity index (χ4v) is 2.45. The number of Topliss-reactive ketones (excluding diaryl/α,β-unsaturated/α-hetero) is 1. The molecule has 2 aromatic heterocycles. The third kappa shape index (κ3) is 2.56. The lowest BCUT2D eigenvalue weighted by Gasteiger charge is -2.32. The summed E-state index contributed by atoms with van der Waals surface area (Å²) in [5.41, 5.74) is 2.03. The van der Waals surface area contributed by atoms with Gasteiger partial charge in [0, 0.05) is 13.8 Å². The quantitative estimate of drug-likeness (QED) is 0.462. The van der Waals surface area contributed by atoms with Gasteiger partial charge in [0.25, 0.3) is 5.79 Å². The fraction of sp³-hybridized carbons (Fsp3) is 0.400. The van der Waals surface area contributed by atoms with Crippen molar-refractivity contribution >= 4 is 23.4 Å². The van der Waals surface area contributed by atoms with Gasteiger partial charge in [0.1, 0.15) is 5.69 Å². The zero-order chi connectivity index (χ0) is 16.9. The highest BCUT2D eigenvalue weighted by Crippen LogP contribution is 2.25. The first-order valence-electron chi connectivity index (χ1n) is 7.01. The van der Waals surface area contributed by atoms with Crippen LogP contribution >= 0.6 is 0 Å². The highest BCUT2D eigenvalue weighted by Gasteiger charge is 2.48. The molecule has 0 saturated carbocycles. The molecule has 0 bridgehead atoms. The maximum Gasteiger partial charge on any atom is 0.331 e. The average Bonchev–Trinajstić information content (AvgIpc) is 2.77. The number of carbonyl (C=O) groups is 3. The Morgan fingerprint density at radius 1 is 1.22 bits per heavy atom. The predicted molar refractivity (Wildman–Crippen MR) is 76.5 cm³/mol. The average molecular weight is 317 g/mol. The summed E-state index contributed by atoms with van der Waals surface area (Å²) < 4.78 is 11.4. The number of aromatic nitrogens is 3. The number of esters is 2. The van der Waals surface area contributed by atoms with Gasteiger partial charge >= 0.3 is 11.9 Å². The number of fused-ring (bicyclic) bond motifs is 1. The first-order valence-corrected chi connectivity index (χ1v) is 7.01. The van der Waals surface area contributed by atoms with Crippen molar-refractivity contribution < 1.29 is 23.9 Å². The molecule has 23 heavy (non-hydrogen) atoms. The highest BCUT2D eigenvalue weighted by molar-refractivity contribution is 6.20. The van der Waals surface area contributed by atoms with Crippen molar-refractivity contribution in [3.8, 4) is 0 Å². The van der Waals surface area contributed by atoms with Crippen molar-refractivity contribution in [2.45, 2.75) is 33.5 Å². The Morgan fingerprint density at radius 3 is 2.43 bits per heavy atom. The van der Waals surface area contributed by atoms with E-state index in [0.717, 1.165) is 5.69 Å². The zero-order valence-corrected chi connectivity index (χ0v) is 13.1. The number of imidazole rings is 1. The lowest BCUT2D eigenvalue weighted by Crippen LogP contribution is -2.49.